The number of aromatic nitrogens is 2. The molecule has 0 aliphatic heterocycles. The maximum Gasteiger partial charge on any atom is 0.257 e. The van der Waals surface area contributed by atoms with Gasteiger partial charge >= 0.3 is 0 Å². The molecule has 1 aromatic heterocycles. The van der Waals surface area contributed by atoms with Gasteiger partial charge in [-0.3, -0.25) is 4.79 Å². The second-order valence-electron chi connectivity index (χ2n) is 5.90. The minimum absolute atomic E-state index is 0.0368. The van der Waals surface area contributed by atoms with Crippen LogP contribution in [0.3, 0.4) is 0 Å². The first-order valence-corrected chi connectivity index (χ1v) is 7.15. The first-order valence-electron chi connectivity index (χ1n) is 7.15. The number of carbonyl (C=O) groups is 1. The summed E-state index contributed by atoms with van der Waals surface area (Å²) in [5.74, 6) is 0.582. The third-order valence-corrected chi connectivity index (χ3v) is 3.52. The highest BCUT2D eigenvalue weighted by Crippen LogP contribution is 2.17. The molecule has 112 valence electrons. The van der Waals surface area contributed by atoms with E-state index in [0.717, 1.165) is 12.1 Å². The molecule has 1 atom stereocenters. The summed E-state index contributed by atoms with van der Waals surface area (Å²) in [5, 5.41) is 0. The van der Waals surface area contributed by atoms with E-state index in [2.05, 4.69) is 23.8 Å². The Balaban J connectivity index is 2.75. The lowest BCUT2D eigenvalue weighted by atomic mass is 10.0. The molecule has 1 heterocycles. The number of hydrogen-bond donors (Lipinski definition) is 1. The summed E-state index contributed by atoms with van der Waals surface area (Å²) >= 11 is 0. The number of hydrogen-bond acceptors (Lipinski definition) is 4. The lowest BCUT2D eigenvalue weighted by molar-refractivity contribution is 0.0786. The van der Waals surface area contributed by atoms with Crippen molar-refractivity contribution in [2.75, 3.05) is 13.6 Å². The number of rotatable bonds is 6. The largest absolute Gasteiger partial charge is 0.342 e. The molecule has 0 spiro atoms. The highest BCUT2D eigenvalue weighted by molar-refractivity contribution is 5.94. The molecule has 0 radical (unpaired) electrons. The average molecular weight is 278 g/mol. The van der Waals surface area contributed by atoms with Gasteiger partial charge in [0, 0.05) is 25.8 Å². The van der Waals surface area contributed by atoms with Crippen molar-refractivity contribution >= 4 is 5.91 Å². The molecule has 20 heavy (non-hydrogen) atoms. The van der Waals surface area contributed by atoms with Crippen LogP contribution < -0.4 is 5.73 Å². The molecular formula is C15H26N4O. The molecule has 5 heteroatoms. The summed E-state index contributed by atoms with van der Waals surface area (Å²) in [4.78, 5) is 22.4. The van der Waals surface area contributed by atoms with E-state index < -0.39 is 0 Å². The number of carbonyl (C=O) groups excluding carboxylic acids is 1. The van der Waals surface area contributed by atoms with E-state index in [1.807, 2.05) is 13.8 Å². The molecule has 0 aliphatic rings. The summed E-state index contributed by atoms with van der Waals surface area (Å²) in [6.07, 6.45) is 3.88. The van der Waals surface area contributed by atoms with Gasteiger partial charge in [0.2, 0.25) is 0 Å². The van der Waals surface area contributed by atoms with Gasteiger partial charge in [-0.15, -0.1) is 0 Å². The van der Waals surface area contributed by atoms with Gasteiger partial charge < -0.3 is 10.6 Å². The van der Waals surface area contributed by atoms with Crippen LogP contribution in [-0.4, -0.2) is 40.4 Å². The van der Waals surface area contributed by atoms with E-state index in [4.69, 9.17) is 5.73 Å². The maximum atomic E-state index is 12.5. The summed E-state index contributed by atoms with van der Waals surface area (Å²) in [7, 11) is 1.80. The van der Waals surface area contributed by atoms with Crippen molar-refractivity contribution < 1.29 is 4.79 Å². The molecule has 2 N–H and O–H groups in total. The highest BCUT2D eigenvalue weighted by Gasteiger charge is 2.19. The third-order valence-electron chi connectivity index (χ3n) is 3.52. The van der Waals surface area contributed by atoms with Crippen molar-refractivity contribution in [2.45, 2.75) is 46.1 Å². The molecule has 1 unspecified atom stereocenters. The van der Waals surface area contributed by atoms with Gasteiger partial charge in [0.1, 0.15) is 6.33 Å². The second kappa shape index (κ2) is 7.33. The van der Waals surface area contributed by atoms with Crippen LogP contribution in [0.15, 0.2) is 12.5 Å². The summed E-state index contributed by atoms with van der Waals surface area (Å²) in [6.45, 7) is 8.87. The Labute approximate surface area is 121 Å². The summed E-state index contributed by atoms with van der Waals surface area (Å²) < 4.78 is 0. The molecule has 5 nitrogen and oxygen atoms in total. The highest BCUT2D eigenvalue weighted by atomic mass is 16.2. The van der Waals surface area contributed by atoms with Gasteiger partial charge in [0.15, 0.2) is 0 Å². The summed E-state index contributed by atoms with van der Waals surface area (Å²) in [6, 6.07) is 0.113. The average Bonchev–Trinajstić information content (AvgIpc) is 2.43. The quantitative estimate of drug-likeness (QED) is 0.864. The van der Waals surface area contributed by atoms with Crippen LogP contribution in [0.5, 0.6) is 0 Å². The third kappa shape index (κ3) is 4.27. The molecule has 0 aliphatic carbocycles. The zero-order valence-corrected chi connectivity index (χ0v) is 13.1. The Bertz CT molecular complexity index is 445. The van der Waals surface area contributed by atoms with E-state index in [9.17, 15) is 4.79 Å². The van der Waals surface area contributed by atoms with Crippen molar-refractivity contribution in [3.8, 4) is 0 Å². The zero-order chi connectivity index (χ0) is 15.3. The molecule has 0 aromatic carbocycles. The van der Waals surface area contributed by atoms with E-state index in [1.54, 1.807) is 18.1 Å². The SMILES string of the molecule is CC(C)c1ncncc1C(=O)N(C)CCC(N)C(C)C. The normalized spacial score (nSPS) is 12.8. The molecule has 0 bridgehead atoms. The fraction of sp³-hybridized carbons (Fsp3) is 0.667. The first kappa shape index (κ1) is 16.6. The Morgan fingerprint density at radius 2 is 2.00 bits per heavy atom. The van der Waals surface area contributed by atoms with Crippen LogP contribution in [0.2, 0.25) is 0 Å². The smallest absolute Gasteiger partial charge is 0.257 e. The van der Waals surface area contributed by atoms with Crippen molar-refractivity contribution in [2.24, 2.45) is 11.7 Å². The van der Waals surface area contributed by atoms with Gasteiger partial charge in [0.05, 0.1) is 11.3 Å². The Morgan fingerprint density at radius 3 is 2.55 bits per heavy atom. The van der Waals surface area contributed by atoms with E-state index in [-0.39, 0.29) is 17.9 Å². The number of nitrogens with two attached hydrogens (primary N) is 1. The topological polar surface area (TPSA) is 72.1 Å². The van der Waals surface area contributed by atoms with E-state index >= 15 is 0 Å². The van der Waals surface area contributed by atoms with Crippen molar-refractivity contribution in [1.82, 2.24) is 14.9 Å². The van der Waals surface area contributed by atoms with Crippen LogP contribution in [0, 0.1) is 5.92 Å². The number of amides is 1. The van der Waals surface area contributed by atoms with Crippen molar-refractivity contribution in [3.05, 3.63) is 23.8 Å². The van der Waals surface area contributed by atoms with Gasteiger partial charge in [-0.05, 0) is 18.3 Å². The van der Waals surface area contributed by atoms with Gasteiger partial charge in [-0.25, -0.2) is 9.97 Å². The van der Waals surface area contributed by atoms with Gasteiger partial charge in [-0.2, -0.15) is 0 Å². The fourth-order valence-electron chi connectivity index (χ4n) is 1.95. The van der Waals surface area contributed by atoms with Gasteiger partial charge in [-0.1, -0.05) is 27.7 Å². The fourth-order valence-corrected chi connectivity index (χ4v) is 1.95. The lowest BCUT2D eigenvalue weighted by Gasteiger charge is -2.22. The Morgan fingerprint density at radius 1 is 1.35 bits per heavy atom. The predicted molar refractivity (Wildman–Crippen MR) is 80.5 cm³/mol. The van der Waals surface area contributed by atoms with Crippen LogP contribution in [0.1, 0.15) is 56.1 Å². The minimum Gasteiger partial charge on any atom is -0.342 e. The van der Waals surface area contributed by atoms with E-state index in [0.29, 0.717) is 18.0 Å². The molecular weight excluding hydrogens is 252 g/mol. The lowest BCUT2D eigenvalue weighted by Crippen LogP contribution is -2.35. The monoisotopic (exact) mass is 278 g/mol. The first-order chi connectivity index (χ1) is 9.34. The predicted octanol–water partition coefficient (Wildman–Crippen LogP) is 2.05. The molecule has 0 saturated heterocycles. The molecule has 1 rings (SSSR count). The van der Waals surface area contributed by atoms with Crippen molar-refractivity contribution in [1.29, 1.82) is 0 Å². The van der Waals surface area contributed by atoms with Crippen LogP contribution in [0.4, 0.5) is 0 Å². The number of nitrogens with zero attached hydrogens (tertiary/aromatic N) is 3. The Hall–Kier alpha value is -1.49. The molecule has 1 aromatic rings. The second-order valence-corrected chi connectivity index (χ2v) is 5.90. The van der Waals surface area contributed by atoms with E-state index in [1.165, 1.54) is 6.33 Å². The minimum atomic E-state index is -0.0368. The van der Waals surface area contributed by atoms with Crippen LogP contribution >= 0.6 is 0 Å². The summed E-state index contributed by atoms with van der Waals surface area (Å²) in [5.41, 5.74) is 7.40. The van der Waals surface area contributed by atoms with Crippen molar-refractivity contribution in [3.63, 3.8) is 0 Å². The van der Waals surface area contributed by atoms with Crippen LogP contribution in [0.25, 0.3) is 0 Å². The maximum absolute atomic E-state index is 12.5. The molecule has 0 fully saturated rings. The van der Waals surface area contributed by atoms with Gasteiger partial charge in [0.25, 0.3) is 5.91 Å². The Kier molecular flexibility index (Phi) is 6.07. The zero-order valence-electron chi connectivity index (χ0n) is 13.1. The molecule has 0 saturated carbocycles. The van der Waals surface area contributed by atoms with Crippen LogP contribution in [-0.2, 0) is 0 Å². The standard InChI is InChI=1S/C15H26N4O/c1-10(2)13(16)6-7-19(5)15(20)12-8-17-9-18-14(12)11(3)4/h8-11,13H,6-7,16H2,1-5H3. The molecule has 1 amide bonds.